The first-order valence-electron chi connectivity index (χ1n) is 9.69. The van der Waals surface area contributed by atoms with Gasteiger partial charge in [-0.15, -0.1) is 0 Å². The number of benzene rings is 1. The standard InChI is InChI=1S/C21H27NO4S2/c1-3-5-6-7-14-26-17-10-8-16(9-11-17)15-18-20(24)22(21(27)28-18)13-12-19(23)25-4-2/h8-11,15H,3-7,12-14H2,1-2H3/b18-15-. The molecule has 0 unspecified atom stereocenters. The summed E-state index contributed by atoms with van der Waals surface area (Å²) in [5.74, 6) is 0.331. The third-order valence-corrected chi connectivity index (χ3v) is 5.54. The Morgan fingerprint density at radius 3 is 2.61 bits per heavy atom. The van der Waals surface area contributed by atoms with Crippen LogP contribution in [0, 0.1) is 0 Å². The summed E-state index contributed by atoms with van der Waals surface area (Å²) in [6.45, 7) is 5.23. The normalized spacial score (nSPS) is 15.4. The van der Waals surface area contributed by atoms with E-state index in [0.717, 1.165) is 24.3 Å². The number of hydrogen-bond acceptors (Lipinski definition) is 6. The van der Waals surface area contributed by atoms with E-state index in [0.29, 0.717) is 15.8 Å². The van der Waals surface area contributed by atoms with Gasteiger partial charge in [0.25, 0.3) is 5.91 Å². The van der Waals surface area contributed by atoms with Gasteiger partial charge in [-0.25, -0.2) is 0 Å². The van der Waals surface area contributed by atoms with Crippen LogP contribution in [0.15, 0.2) is 29.2 Å². The Morgan fingerprint density at radius 1 is 1.18 bits per heavy atom. The molecular weight excluding hydrogens is 394 g/mol. The van der Waals surface area contributed by atoms with Crippen LogP contribution in [0.2, 0.25) is 0 Å². The summed E-state index contributed by atoms with van der Waals surface area (Å²) in [4.78, 5) is 26.1. The van der Waals surface area contributed by atoms with Crippen molar-refractivity contribution in [2.24, 2.45) is 0 Å². The van der Waals surface area contributed by atoms with E-state index < -0.39 is 0 Å². The van der Waals surface area contributed by atoms with Crippen LogP contribution in [0.4, 0.5) is 0 Å². The highest BCUT2D eigenvalue weighted by Gasteiger charge is 2.32. The van der Waals surface area contributed by atoms with E-state index in [4.69, 9.17) is 21.7 Å². The predicted molar refractivity (Wildman–Crippen MR) is 117 cm³/mol. The van der Waals surface area contributed by atoms with Gasteiger partial charge in [0.2, 0.25) is 0 Å². The molecular formula is C21H27NO4S2. The van der Waals surface area contributed by atoms with E-state index in [1.807, 2.05) is 30.3 Å². The van der Waals surface area contributed by atoms with E-state index in [1.165, 1.54) is 35.9 Å². The minimum absolute atomic E-state index is 0.137. The number of nitrogens with zero attached hydrogens (tertiary/aromatic N) is 1. The minimum Gasteiger partial charge on any atom is -0.494 e. The van der Waals surface area contributed by atoms with Crippen molar-refractivity contribution in [3.05, 3.63) is 34.7 Å². The van der Waals surface area contributed by atoms with Gasteiger partial charge in [-0.2, -0.15) is 0 Å². The topological polar surface area (TPSA) is 55.8 Å². The highest BCUT2D eigenvalue weighted by Crippen LogP contribution is 2.32. The van der Waals surface area contributed by atoms with E-state index in [9.17, 15) is 9.59 Å². The number of carbonyl (C=O) groups is 2. The second-order valence-corrected chi connectivity index (χ2v) is 8.04. The van der Waals surface area contributed by atoms with Crippen LogP contribution in [0.25, 0.3) is 6.08 Å². The van der Waals surface area contributed by atoms with Crippen LogP contribution >= 0.6 is 24.0 Å². The fraction of sp³-hybridized carbons (Fsp3) is 0.476. The molecule has 1 heterocycles. The third-order valence-electron chi connectivity index (χ3n) is 4.16. The monoisotopic (exact) mass is 421 g/mol. The number of carbonyl (C=O) groups excluding carboxylic acids is 2. The van der Waals surface area contributed by atoms with Crippen LogP contribution in [0.1, 0.15) is 51.5 Å². The Labute approximate surface area is 176 Å². The molecule has 1 fully saturated rings. The van der Waals surface area contributed by atoms with E-state index in [-0.39, 0.29) is 24.8 Å². The summed E-state index contributed by atoms with van der Waals surface area (Å²) in [6.07, 6.45) is 6.65. The Hall–Kier alpha value is -1.86. The highest BCUT2D eigenvalue weighted by molar-refractivity contribution is 8.26. The average Bonchev–Trinajstić information content (AvgIpc) is 2.94. The zero-order valence-corrected chi connectivity index (χ0v) is 18.1. The molecule has 5 nitrogen and oxygen atoms in total. The maximum absolute atomic E-state index is 12.6. The number of thioether (sulfide) groups is 1. The van der Waals surface area contributed by atoms with Gasteiger partial charge in [0, 0.05) is 6.54 Å². The second kappa shape index (κ2) is 11.9. The van der Waals surface area contributed by atoms with Crippen molar-refractivity contribution in [2.75, 3.05) is 19.8 Å². The number of thiocarbonyl (C=S) groups is 1. The number of hydrogen-bond donors (Lipinski definition) is 0. The molecule has 1 aliphatic rings. The maximum atomic E-state index is 12.6. The maximum Gasteiger partial charge on any atom is 0.307 e. The van der Waals surface area contributed by atoms with Crippen molar-refractivity contribution < 1.29 is 19.1 Å². The van der Waals surface area contributed by atoms with Crippen LogP contribution < -0.4 is 4.74 Å². The van der Waals surface area contributed by atoms with Gasteiger partial charge >= 0.3 is 5.97 Å². The smallest absolute Gasteiger partial charge is 0.307 e. The average molecular weight is 422 g/mol. The number of rotatable bonds is 11. The molecule has 7 heteroatoms. The van der Waals surface area contributed by atoms with Crippen molar-refractivity contribution in [3.63, 3.8) is 0 Å². The Kier molecular flexibility index (Phi) is 9.50. The van der Waals surface area contributed by atoms with Gasteiger partial charge < -0.3 is 9.47 Å². The molecule has 1 aromatic rings. The van der Waals surface area contributed by atoms with Crippen molar-refractivity contribution in [2.45, 2.75) is 46.0 Å². The quantitative estimate of drug-likeness (QED) is 0.221. The zero-order chi connectivity index (χ0) is 20.4. The molecule has 0 aliphatic carbocycles. The molecule has 0 saturated carbocycles. The lowest BCUT2D eigenvalue weighted by molar-refractivity contribution is -0.143. The molecule has 0 radical (unpaired) electrons. The second-order valence-electron chi connectivity index (χ2n) is 6.37. The van der Waals surface area contributed by atoms with Crippen LogP contribution in [0.5, 0.6) is 5.75 Å². The summed E-state index contributed by atoms with van der Waals surface area (Å²) < 4.78 is 11.1. The highest BCUT2D eigenvalue weighted by atomic mass is 32.2. The van der Waals surface area contributed by atoms with E-state index in [1.54, 1.807) is 6.92 Å². The summed E-state index contributed by atoms with van der Waals surface area (Å²) >= 11 is 6.53. The van der Waals surface area contributed by atoms with Gasteiger partial charge in [0.05, 0.1) is 24.5 Å². The molecule has 1 saturated heterocycles. The lowest BCUT2D eigenvalue weighted by atomic mass is 10.2. The van der Waals surface area contributed by atoms with Crippen molar-refractivity contribution in [3.8, 4) is 5.75 Å². The molecule has 28 heavy (non-hydrogen) atoms. The van der Waals surface area contributed by atoms with Crippen LogP contribution in [-0.4, -0.2) is 40.9 Å². The third kappa shape index (κ3) is 6.95. The Bertz CT molecular complexity index is 716. The summed E-state index contributed by atoms with van der Waals surface area (Å²) in [5.41, 5.74) is 0.907. The predicted octanol–water partition coefficient (Wildman–Crippen LogP) is 4.80. The van der Waals surface area contributed by atoms with E-state index in [2.05, 4.69) is 6.92 Å². The first-order valence-corrected chi connectivity index (χ1v) is 10.9. The molecule has 0 N–H and O–H groups in total. The molecule has 1 aromatic carbocycles. The lowest BCUT2D eigenvalue weighted by Gasteiger charge is -2.13. The zero-order valence-electron chi connectivity index (χ0n) is 16.4. The first-order chi connectivity index (χ1) is 13.5. The SMILES string of the molecule is CCCCCCOc1ccc(/C=C2\SC(=S)N(CCC(=O)OCC)C2=O)cc1. The molecule has 1 amide bonds. The van der Waals surface area contributed by atoms with Gasteiger partial charge in [0.15, 0.2) is 0 Å². The van der Waals surface area contributed by atoms with Gasteiger partial charge in [-0.3, -0.25) is 14.5 Å². The van der Waals surface area contributed by atoms with Crippen molar-refractivity contribution >= 4 is 46.3 Å². The van der Waals surface area contributed by atoms with E-state index >= 15 is 0 Å². The Balaban J connectivity index is 1.89. The molecule has 0 aromatic heterocycles. The lowest BCUT2D eigenvalue weighted by Crippen LogP contribution is -2.30. The van der Waals surface area contributed by atoms with Gasteiger partial charge in [-0.1, -0.05) is 62.3 Å². The van der Waals surface area contributed by atoms with Gasteiger partial charge in [-0.05, 0) is 37.1 Å². The Morgan fingerprint density at radius 2 is 1.93 bits per heavy atom. The molecule has 0 bridgehead atoms. The summed E-state index contributed by atoms with van der Waals surface area (Å²) in [5, 5.41) is 0. The number of ether oxygens (including phenoxy) is 2. The summed E-state index contributed by atoms with van der Waals surface area (Å²) in [7, 11) is 0. The molecule has 2 rings (SSSR count). The van der Waals surface area contributed by atoms with Crippen LogP contribution in [0.3, 0.4) is 0 Å². The molecule has 0 atom stereocenters. The molecule has 152 valence electrons. The largest absolute Gasteiger partial charge is 0.494 e. The number of amides is 1. The van der Waals surface area contributed by atoms with Crippen molar-refractivity contribution in [1.82, 2.24) is 4.90 Å². The fourth-order valence-electron chi connectivity index (χ4n) is 2.66. The van der Waals surface area contributed by atoms with Gasteiger partial charge in [0.1, 0.15) is 10.1 Å². The van der Waals surface area contributed by atoms with Crippen molar-refractivity contribution in [1.29, 1.82) is 0 Å². The number of esters is 1. The minimum atomic E-state index is -0.328. The fourth-order valence-corrected chi connectivity index (χ4v) is 3.97. The number of unbranched alkanes of at least 4 members (excludes halogenated alkanes) is 3. The molecule has 0 spiro atoms. The molecule has 1 aliphatic heterocycles. The first kappa shape index (κ1) is 22.4. The van der Waals surface area contributed by atoms with Crippen LogP contribution in [-0.2, 0) is 14.3 Å². The summed E-state index contributed by atoms with van der Waals surface area (Å²) in [6, 6.07) is 7.67.